The molecule has 0 radical (unpaired) electrons. The first-order valence-electron chi connectivity index (χ1n) is 5.29. The van der Waals surface area contributed by atoms with Crippen LogP contribution in [0.3, 0.4) is 0 Å². The van der Waals surface area contributed by atoms with Crippen LogP contribution in [0.25, 0.3) is 0 Å². The smallest absolute Gasteiger partial charge is 0.238 e. The van der Waals surface area contributed by atoms with E-state index in [4.69, 9.17) is 0 Å². The molecule has 0 aliphatic rings. The molecule has 16 heavy (non-hydrogen) atoms. The molecule has 3 nitrogen and oxygen atoms in total. The lowest BCUT2D eigenvalue weighted by Crippen LogP contribution is -2.29. The second kappa shape index (κ2) is 7.30. The normalized spacial score (nSPS) is 10.1. The summed E-state index contributed by atoms with van der Waals surface area (Å²) in [6, 6.07) is 7.78. The molecular formula is C12H18N2OS. The third kappa shape index (κ3) is 4.68. The maximum absolute atomic E-state index is 11.5. The number of amides is 1. The summed E-state index contributed by atoms with van der Waals surface area (Å²) in [5.41, 5.74) is 1.97. The molecule has 0 aliphatic carbocycles. The topological polar surface area (TPSA) is 41.1 Å². The van der Waals surface area contributed by atoms with Crippen molar-refractivity contribution in [3.8, 4) is 0 Å². The van der Waals surface area contributed by atoms with Crippen molar-refractivity contribution in [2.75, 3.05) is 30.4 Å². The lowest BCUT2D eigenvalue weighted by Gasteiger charge is -2.08. The van der Waals surface area contributed by atoms with E-state index in [0.29, 0.717) is 6.54 Å². The molecule has 1 aromatic carbocycles. The van der Waals surface area contributed by atoms with Gasteiger partial charge in [-0.2, -0.15) is 11.8 Å². The second-order valence-corrected chi connectivity index (χ2v) is 4.52. The van der Waals surface area contributed by atoms with E-state index in [1.807, 2.05) is 31.2 Å². The Kier molecular flexibility index (Phi) is 5.96. The number of hydrogen-bond acceptors (Lipinski definition) is 3. The molecule has 0 fully saturated rings. The van der Waals surface area contributed by atoms with Gasteiger partial charge in [-0.25, -0.2) is 0 Å². The quantitative estimate of drug-likeness (QED) is 0.744. The number of hydrogen-bond donors (Lipinski definition) is 2. The van der Waals surface area contributed by atoms with Gasteiger partial charge in [-0.05, 0) is 24.8 Å². The molecule has 0 bridgehead atoms. The first kappa shape index (κ1) is 13.1. The summed E-state index contributed by atoms with van der Waals surface area (Å²) >= 11 is 1.77. The lowest BCUT2D eigenvalue weighted by atomic mass is 10.2. The number of aryl methyl sites for hydroxylation is 1. The molecule has 0 heterocycles. The van der Waals surface area contributed by atoms with Crippen molar-refractivity contribution in [3.63, 3.8) is 0 Å². The van der Waals surface area contributed by atoms with Crippen LogP contribution in [0.15, 0.2) is 24.3 Å². The molecule has 0 aromatic heterocycles. The Labute approximate surface area is 101 Å². The highest BCUT2D eigenvalue weighted by molar-refractivity contribution is 7.98. The zero-order chi connectivity index (χ0) is 11.8. The molecule has 0 saturated carbocycles. The first-order chi connectivity index (χ1) is 7.74. The first-order valence-corrected chi connectivity index (χ1v) is 6.68. The second-order valence-electron chi connectivity index (χ2n) is 3.53. The number of para-hydroxylation sites is 1. The zero-order valence-corrected chi connectivity index (χ0v) is 10.6. The van der Waals surface area contributed by atoms with Crippen molar-refractivity contribution in [2.24, 2.45) is 0 Å². The van der Waals surface area contributed by atoms with Crippen LogP contribution in [0.2, 0.25) is 0 Å². The molecule has 88 valence electrons. The highest BCUT2D eigenvalue weighted by Gasteiger charge is 2.02. The summed E-state index contributed by atoms with van der Waals surface area (Å²) in [5, 5.41) is 5.97. The van der Waals surface area contributed by atoms with E-state index in [1.54, 1.807) is 11.8 Å². The fraction of sp³-hybridized carbons (Fsp3) is 0.417. The Bertz CT molecular complexity index is 342. The minimum Gasteiger partial charge on any atom is -0.325 e. The van der Waals surface area contributed by atoms with Crippen LogP contribution in [-0.4, -0.2) is 31.0 Å². The summed E-state index contributed by atoms with van der Waals surface area (Å²) in [6.45, 7) is 3.22. The fourth-order valence-corrected chi connectivity index (χ4v) is 1.63. The third-order valence-electron chi connectivity index (χ3n) is 2.19. The molecule has 0 atom stereocenters. The van der Waals surface area contributed by atoms with E-state index < -0.39 is 0 Å². The molecule has 0 aliphatic heterocycles. The van der Waals surface area contributed by atoms with Gasteiger partial charge in [0.25, 0.3) is 0 Å². The highest BCUT2D eigenvalue weighted by atomic mass is 32.2. The minimum atomic E-state index is 0.00963. The molecule has 0 saturated heterocycles. The molecule has 1 amide bonds. The summed E-state index contributed by atoms with van der Waals surface area (Å²) in [5.74, 6) is 1.04. The van der Waals surface area contributed by atoms with Gasteiger partial charge in [-0.3, -0.25) is 4.79 Å². The van der Waals surface area contributed by atoms with Crippen LogP contribution in [0.4, 0.5) is 5.69 Å². The Balaban J connectivity index is 2.32. The van der Waals surface area contributed by atoms with Crippen molar-refractivity contribution >= 4 is 23.4 Å². The average molecular weight is 238 g/mol. The van der Waals surface area contributed by atoms with Gasteiger partial charge in [0.05, 0.1) is 6.54 Å². The Morgan fingerprint density at radius 2 is 2.12 bits per heavy atom. The largest absolute Gasteiger partial charge is 0.325 e. The molecular weight excluding hydrogens is 220 g/mol. The molecule has 1 aromatic rings. The molecule has 2 N–H and O–H groups in total. The van der Waals surface area contributed by atoms with E-state index >= 15 is 0 Å². The third-order valence-corrected chi connectivity index (χ3v) is 2.80. The number of carbonyl (C=O) groups excluding carboxylic acids is 1. The number of thioether (sulfide) groups is 1. The van der Waals surface area contributed by atoms with Crippen molar-refractivity contribution in [3.05, 3.63) is 29.8 Å². The highest BCUT2D eigenvalue weighted by Crippen LogP contribution is 2.12. The van der Waals surface area contributed by atoms with Gasteiger partial charge in [0, 0.05) is 18.0 Å². The van der Waals surface area contributed by atoms with Gasteiger partial charge in [-0.15, -0.1) is 0 Å². The maximum atomic E-state index is 11.5. The van der Waals surface area contributed by atoms with Crippen LogP contribution >= 0.6 is 11.8 Å². The van der Waals surface area contributed by atoms with Crippen molar-refractivity contribution in [2.45, 2.75) is 6.92 Å². The van der Waals surface area contributed by atoms with Crippen LogP contribution < -0.4 is 10.6 Å². The van der Waals surface area contributed by atoms with E-state index in [9.17, 15) is 4.79 Å². The van der Waals surface area contributed by atoms with Gasteiger partial charge in [0.2, 0.25) is 5.91 Å². The minimum absolute atomic E-state index is 0.00963. The predicted octanol–water partition coefficient (Wildman–Crippen LogP) is 1.89. The Hall–Kier alpha value is -1.00. The lowest BCUT2D eigenvalue weighted by molar-refractivity contribution is -0.115. The molecule has 0 spiro atoms. The van der Waals surface area contributed by atoms with Crippen LogP contribution in [-0.2, 0) is 4.79 Å². The molecule has 4 heteroatoms. The van der Waals surface area contributed by atoms with Crippen molar-refractivity contribution < 1.29 is 4.79 Å². The van der Waals surface area contributed by atoms with Gasteiger partial charge in [-0.1, -0.05) is 18.2 Å². The predicted molar refractivity (Wildman–Crippen MR) is 71.1 cm³/mol. The molecule has 1 rings (SSSR count). The van der Waals surface area contributed by atoms with Gasteiger partial charge in [0.15, 0.2) is 0 Å². The van der Waals surface area contributed by atoms with Crippen LogP contribution in [0, 0.1) is 6.92 Å². The summed E-state index contributed by atoms with van der Waals surface area (Å²) in [4.78, 5) is 11.5. The molecule has 0 unspecified atom stereocenters. The van der Waals surface area contributed by atoms with Gasteiger partial charge in [0.1, 0.15) is 0 Å². The van der Waals surface area contributed by atoms with E-state index in [-0.39, 0.29) is 5.91 Å². The maximum Gasteiger partial charge on any atom is 0.238 e. The SMILES string of the molecule is CSCCNCC(=O)Nc1ccccc1C. The average Bonchev–Trinajstić information content (AvgIpc) is 2.28. The number of anilines is 1. The zero-order valence-electron chi connectivity index (χ0n) is 9.75. The number of nitrogens with one attached hydrogen (secondary N) is 2. The Morgan fingerprint density at radius 3 is 2.81 bits per heavy atom. The summed E-state index contributed by atoms with van der Waals surface area (Å²) in [7, 11) is 0. The number of rotatable bonds is 6. The number of benzene rings is 1. The monoisotopic (exact) mass is 238 g/mol. The van der Waals surface area contributed by atoms with E-state index in [1.165, 1.54) is 0 Å². The fourth-order valence-electron chi connectivity index (χ4n) is 1.28. The van der Waals surface area contributed by atoms with Crippen molar-refractivity contribution in [1.29, 1.82) is 0 Å². The van der Waals surface area contributed by atoms with Crippen LogP contribution in [0.1, 0.15) is 5.56 Å². The van der Waals surface area contributed by atoms with Crippen molar-refractivity contribution in [1.82, 2.24) is 5.32 Å². The van der Waals surface area contributed by atoms with E-state index in [2.05, 4.69) is 16.9 Å². The summed E-state index contributed by atoms with van der Waals surface area (Å²) in [6.07, 6.45) is 2.05. The standard InChI is InChI=1S/C12H18N2OS/c1-10-5-3-4-6-11(10)14-12(15)9-13-7-8-16-2/h3-6,13H,7-9H2,1-2H3,(H,14,15). The summed E-state index contributed by atoms with van der Waals surface area (Å²) < 4.78 is 0. The van der Waals surface area contributed by atoms with E-state index in [0.717, 1.165) is 23.5 Å². The Morgan fingerprint density at radius 1 is 1.38 bits per heavy atom. The van der Waals surface area contributed by atoms with Crippen LogP contribution in [0.5, 0.6) is 0 Å². The van der Waals surface area contributed by atoms with Gasteiger partial charge < -0.3 is 10.6 Å². The van der Waals surface area contributed by atoms with Gasteiger partial charge >= 0.3 is 0 Å². The number of carbonyl (C=O) groups is 1.